The number of nitrogens with zero attached hydrogens (tertiary/aromatic N) is 1. The molecular formula is C16H15N. The molecule has 0 aliphatic carbocycles. The van der Waals surface area contributed by atoms with E-state index in [-0.39, 0.29) is 0 Å². The molecule has 84 valence electrons. The Kier molecular flexibility index (Phi) is 4.29. The standard InChI is InChI=1S/C16H15N/c1-3-9-15(10-4-1)11-7-8-14-17-16-12-5-2-6-13-16/h1-7,9-14H,8H2. The van der Waals surface area contributed by atoms with Crippen LogP contribution in [0.25, 0.3) is 6.08 Å². The molecule has 0 N–H and O–H groups in total. The summed E-state index contributed by atoms with van der Waals surface area (Å²) in [7, 11) is 0. The molecule has 0 radical (unpaired) electrons. The summed E-state index contributed by atoms with van der Waals surface area (Å²) in [5, 5.41) is 0. The summed E-state index contributed by atoms with van der Waals surface area (Å²) in [6.07, 6.45) is 7.00. The van der Waals surface area contributed by atoms with E-state index in [9.17, 15) is 0 Å². The topological polar surface area (TPSA) is 12.4 Å². The highest BCUT2D eigenvalue weighted by molar-refractivity contribution is 5.66. The zero-order valence-corrected chi connectivity index (χ0v) is 9.66. The van der Waals surface area contributed by atoms with E-state index in [1.165, 1.54) is 5.56 Å². The highest BCUT2D eigenvalue weighted by Gasteiger charge is 1.83. The lowest BCUT2D eigenvalue weighted by molar-refractivity contribution is 1.46. The highest BCUT2D eigenvalue weighted by Crippen LogP contribution is 2.08. The van der Waals surface area contributed by atoms with Gasteiger partial charge in [-0.25, -0.2) is 0 Å². The molecule has 17 heavy (non-hydrogen) atoms. The van der Waals surface area contributed by atoms with Crippen molar-refractivity contribution in [1.29, 1.82) is 0 Å². The molecule has 0 aliphatic rings. The first kappa shape index (κ1) is 11.3. The summed E-state index contributed by atoms with van der Waals surface area (Å²) >= 11 is 0. The van der Waals surface area contributed by atoms with Crippen molar-refractivity contribution in [2.24, 2.45) is 4.99 Å². The minimum Gasteiger partial charge on any atom is -0.261 e. The number of aliphatic imine (C=N–C) groups is 1. The molecule has 0 aromatic heterocycles. The van der Waals surface area contributed by atoms with Gasteiger partial charge in [0.05, 0.1) is 5.69 Å². The quantitative estimate of drug-likeness (QED) is 0.674. The summed E-state index contributed by atoms with van der Waals surface area (Å²) in [6, 6.07) is 20.3. The maximum atomic E-state index is 4.36. The zero-order valence-electron chi connectivity index (χ0n) is 9.66. The van der Waals surface area contributed by atoms with E-state index in [4.69, 9.17) is 0 Å². The highest BCUT2D eigenvalue weighted by atomic mass is 14.7. The summed E-state index contributed by atoms with van der Waals surface area (Å²) in [4.78, 5) is 4.36. The molecule has 0 fully saturated rings. The van der Waals surface area contributed by atoms with Crippen molar-refractivity contribution in [2.75, 3.05) is 0 Å². The molecule has 0 saturated heterocycles. The molecule has 0 unspecified atom stereocenters. The van der Waals surface area contributed by atoms with Crippen LogP contribution in [0.15, 0.2) is 71.7 Å². The predicted octanol–water partition coefficient (Wildman–Crippen LogP) is 4.49. The summed E-state index contributed by atoms with van der Waals surface area (Å²) < 4.78 is 0. The second kappa shape index (κ2) is 6.44. The smallest absolute Gasteiger partial charge is 0.0625 e. The van der Waals surface area contributed by atoms with E-state index in [1.807, 2.05) is 54.7 Å². The second-order valence-corrected chi connectivity index (χ2v) is 3.70. The van der Waals surface area contributed by atoms with Crippen LogP contribution in [0.5, 0.6) is 0 Å². The third kappa shape index (κ3) is 4.07. The second-order valence-electron chi connectivity index (χ2n) is 3.70. The number of hydrogen-bond donors (Lipinski definition) is 0. The van der Waals surface area contributed by atoms with Gasteiger partial charge in [-0.2, -0.15) is 0 Å². The largest absolute Gasteiger partial charge is 0.261 e. The van der Waals surface area contributed by atoms with Crippen molar-refractivity contribution >= 4 is 18.0 Å². The normalized spacial score (nSPS) is 11.3. The van der Waals surface area contributed by atoms with Crippen LogP contribution in [0.2, 0.25) is 0 Å². The van der Waals surface area contributed by atoms with Crippen LogP contribution in [0.3, 0.4) is 0 Å². The van der Waals surface area contributed by atoms with Crippen LogP contribution in [0.4, 0.5) is 5.69 Å². The number of benzene rings is 2. The fourth-order valence-corrected chi connectivity index (χ4v) is 1.50. The predicted molar refractivity (Wildman–Crippen MR) is 74.7 cm³/mol. The first-order valence-electron chi connectivity index (χ1n) is 5.74. The van der Waals surface area contributed by atoms with Gasteiger partial charge in [0.25, 0.3) is 0 Å². The monoisotopic (exact) mass is 221 g/mol. The molecule has 1 nitrogen and oxygen atoms in total. The number of allylic oxidation sites excluding steroid dienone is 1. The molecule has 0 heterocycles. The van der Waals surface area contributed by atoms with Gasteiger partial charge in [-0.05, 0) is 17.7 Å². The Bertz CT molecular complexity index is 436. The zero-order chi connectivity index (χ0) is 11.8. The third-order valence-electron chi connectivity index (χ3n) is 2.35. The van der Waals surface area contributed by atoms with Crippen LogP contribution in [-0.2, 0) is 0 Å². The van der Waals surface area contributed by atoms with Crippen molar-refractivity contribution in [3.05, 3.63) is 72.3 Å². The van der Waals surface area contributed by atoms with Gasteiger partial charge in [0.15, 0.2) is 0 Å². The van der Waals surface area contributed by atoms with Crippen molar-refractivity contribution < 1.29 is 0 Å². The van der Waals surface area contributed by atoms with Gasteiger partial charge in [-0.1, -0.05) is 60.7 Å². The molecular weight excluding hydrogens is 206 g/mol. The average Bonchev–Trinajstić information content (AvgIpc) is 2.41. The fourth-order valence-electron chi connectivity index (χ4n) is 1.50. The van der Waals surface area contributed by atoms with Crippen LogP contribution in [0, 0.1) is 0 Å². The molecule has 0 spiro atoms. The first-order valence-corrected chi connectivity index (χ1v) is 5.74. The number of hydrogen-bond acceptors (Lipinski definition) is 1. The van der Waals surface area contributed by atoms with Crippen LogP contribution in [-0.4, -0.2) is 6.21 Å². The van der Waals surface area contributed by atoms with Gasteiger partial charge in [-0.3, -0.25) is 4.99 Å². The Hall–Kier alpha value is -2.15. The van der Waals surface area contributed by atoms with Gasteiger partial charge in [-0.15, -0.1) is 0 Å². The minimum absolute atomic E-state index is 0.851. The fraction of sp³-hybridized carbons (Fsp3) is 0.0625. The number of rotatable bonds is 4. The Morgan fingerprint density at radius 3 is 2.18 bits per heavy atom. The molecule has 0 aliphatic heterocycles. The van der Waals surface area contributed by atoms with E-state index < -0.39 is 0 Å². The summed E-state index contributed by atoms with van der Waals surface area (Å²) in [5.74, 6) is 0. The summed E-state index contributed by atoms with van der Waals surface area (Å²) in [6.45, 7) is 0. The maximum absolute atomic E-state index is 4.36. The Morgan fingerprint density at radius 2 is 1.47 bits per heavy atom. The molecule has 1 heteroatoms. The van der Waals surface area contributed by atoms with Gasteiger partial charge in [0, 0.05) is 12.6 Å². The molecule has 0 saturated carbocycles. The minimum atomic E-state index is 0.851. The first-order chi connectivity index (χ1) is 8.45. The lowest BCUT2D eigenvalue weighted by Crippen LogP contribution is -1.72. The van der Waals surface area contributed by atoms with Gasteiger partial charge < -0.3 is 0 Å². The Morgan fingerprint density at radius 1 is 0.824 bits per heavy atom. The maximum Gasteiger partial charge on any atom is 0.0625 e. The van der Waals surface area contributed by atoms with Crippen molar-refractivity contribution in [3.63, 3.8) is 0 Å². The van der Waals surface area contributed by atoms with Crippen LogP contribution < -0.4 is 0 Å². The summed E-state index contributed by atoms with van der Waals surface area (Å²) in [5.41, 5.74) is 2.22. The third-order valence-corrected chi connectivity index (χ3v) is 2.35. The van der Waals surface area contributed by atoms with E-state index >= 15 is 0 Å². The SMILES string of the molecule is C(=Cc1ccccc1)CC=Nc1ccccc1. The van der Waals surface area contributed by atoms with Crippen LogP contribution >= 0.6 is 0 Å². The molecule has 2 aromatic rings. The van der Waals surface area contributed by atoms with Crippen molar-refractivity contribution in [1.82, 2.24) is 0 Å². The molecule has 0 amide bonds. The van der Waals surface area contributed by atoms with Gasteiger partial charge in [0.1, 0.15) is 0 Å². The lowest BCUT2D eigenvalue weighted by atomic mass is 10.2. The van der Waals surface area contributed by atoms with E-state index in [1.54, 1.807) is 0 Å². The molecule has 0 atom stereocenters. The lowest BCUT2D eigenvalue weighted by Gasteiger charge is -1.91. The Labute approximate surface area is 102 Å². The van der Waals surface area contributed by atoms with E-state index in [0.717, 1.165) is 12.1 Å². The molecule has 2 aromatic carbocycles. The average molecular weight is 221 g/mol. The number of para-hydroxylation sites is 1. The van der Waals surface area contributed by atoms with Crippen LogP contribution in [0.1, 0.15) is 12.0 Å². The Balaban J connectivity index is 1.84. The molecule has 2 rings (SSSR count). The van der Waals surface area contributed by atoms with Crippen molar-refractivity contribution in [3.8, 4) is 0 Å². The van der Waals surface area contributed by atoms with Crippen molar-refractivity contribution in [2.45, 2.75) is 6.42 Å². The van der Waals surface area contributed by atoms with Gasteiger partial charge in [0.2, 0.25) is 0 Å². The van der Waals surface area contributed by atoms with E-state index in [2.05, 4.69) is 29.3 Å². The molecule has 0 bridgehead atoms. The van der Waals surface area contributed by atoms with Gasteiger partial charge >= 0.3 is 0 Å². The van der Waals surface area contributed by atoms with E-state index in [0.29, 0.717) is 0 Å².